The molecule has 0 spiro atoms. The summed E-state index contributed by atoms with van der Waals surface area (Å²) in [5, 5.41) is 10.9. The van der Waals surface area contributed by atoms with E-state index in [-0.39, 0.29) is 11.4 Å². The molecule has 2 heterocycles. The van der Waals surface area contributed by atoms with Crippen molar-refractivity contribution in [2.75, 3.05) is 31.5 Å². The molecule has 1 aliphatic carbocycles. The van der Waals surface area contributed by atoms with E-state index in [2.05, 4.69) is 39.9 Å². The number of benzene rings is 2. The monoisotopic (exact) mass is 536 g/mol. The van der Waals surface area contributed by atoms with E-state index in [9.17, 15) is 4.79 Å². The number of hydrogen-bond donors (Lipinski definition) is 3. The van der Waals surface area contributed by atoms with Crippen LogP contribution in [0.4, 0.5) is 11.6 Å². The van der Waals surface area contributed by atoms with Crippen molar-refractivity contribution in [3.8, 4) is 0 Å². The summed E-state index contributed by atoms with van der Waals surface area (Å²) in [6.07, 6.45) is 10.2. The Morgan fingerprint density at radius 2 is 1.79 bits per heavy atom. The van der Waals surface area contributed by atoms with Crippen LogP contribution >= 0.6 is 11.6 Å². The second-order valence-electron chi connectivity index (χ2n) is 11.3. The number of nitrogens with one attached hydrogen (secondary N) is 3. The molecular weight excluding hydrogens is 496 g/mol. The second kappa shape index (κ2) is 12.1. The molecule has 2 fully saturated rings. The first kappa shape index (κ1) is 27.0. The van der Waals surface area contributed by atoms with Crippen LogP contribution in [0.3, 0.4) is 0 Å². The smallest absolute Gasteiger partial charge is 0.251 e. The number of fused-ring (bicyclic) bond motifs is 1. The molecule has 0 unspecified atom stereocenters. The van der Waals surface area contributed by atoms with E-state index in [1.54, 1.807) is 0 Å². The van der Waals surface area contributed by atoms with Crippen molar-refractivity contribution in [2.45, 2.75) is 70.4 Å². The zero-order valence-electron chi connectivity index (χ0n) is 22.8. The first-order chi connectivity index (χ1) is 18.4. The molecule has 0 radical (unpaired) electrons. The molecule has 2 aromatic carbocycles. The summed E-state index contributed by atoms with van der Waals surface area (Å²) in [6, 6.07) is 11.8. The highest BCUT2D eigenvalue weighted by Gasteiger charge is 2.25. The first-order valence-corrected chi connectivity index (χ1v) is 14.6. The molecule has 1 amide bonds. The summed E-state index contributed by atoms with van der Waals surface area (Å²) in [7, 11) is 1.97. The van der Waals surface area contributed by atoms with Gasteiger partial charge in [0.25, 0.3) is 5.91 Å². The fourth-order valence-electron chi connectivity index (χ4n) is 5.79. The van der Waals surface area contributed by atoms with E-state index in [0.717, 1.165) is 42.9 Å². The van der Waals surface area contributed by atoms with Gasteiger partial charge in [0.15, 0.2) is 0 Å². The molecule has 38 heavy (non-hydrogen) atoms. The summed E-state index contributed by atoms with van der Waals surface area (Å²) in [5.74, 6) is 0.632. The normalized spacial score (nSPS) is 18.0. The molecule has 0 bridgehead atoms. The highest BCUT2D eigenvalue weighted by Crippen LogP contribution is 2.30. The van der Waals surface area contributed by atoms with Crippen LogP contribution < -0.4 is 16.0 Å². The molecule has 2 aliphatic rings. The highest BCUT2D eigenvalue weighted by atomic mass is 35.5. The highest BCUT2D eigenvalue weighted by molar-refractivity contribution is 6.33. The molecule has 3 aromatic rings. The van der Waals surface area contributed by atoms with Gasteiger partial charge in [-0.1, -0.05) is 43.4 Å². The topological polar surface area (TPSA) is 74.2 Å². The molecule has 1 aromatic heterocycles. The van der Waals surface area contributed by atoms with Gasteiger partial charge in [-0.2, -0.15) is 0 Å². The Morgan fingerprint density at radius 3 is 2.58 bits per heavy atom. The zero-order chi connectivity index (χ0) is 26.5. The number of carbonyl (C=O) groups is 1. The van der Waals surface area contributed by atoms with Crippen LogP contribution in [0.25, 0.3) is 11.0 Å². The van der Waals surface area contributed by atoms with E-state index < -0.39 is 0 Å². The number of rotatable bonds is 9. The van der Waals surface area contributed by atoms with Crippen molar-refractivity contribution >= 4 is 40.2 Å². The van der Waals surface area contributed by atoms with Gasteiger partial charge in [-0.05, 0) is 81.6 Å². The SMILES string of the molecule is Cn1c(Nc2cc(CNC3(C)CCCCC3)ccc2Cl)nc2cc(C(=O)NCCN3CCCCC3)ccc21. The van der Waals surface area contributed by atoms with Crippen LogP contribution in [0.5, 0.6) is 0 Å². The molecule has 1 aliphatic heterocycles. The number of amides is 1. The van der Waals surface area contributed by atoms with Gasteiger partial charge in [-0.3, -0.25) is 4.79 Å². The lowest BCUT2D eigenvalue weighted by atomic mass is 9.83. The van der Waals surface area contributed by atoms with Crippen LogP contribution in [0.15, 0.2) is 36.4 Å². The van der Waals surface area contributed by atoms with Gasteiger partial charge in [0.2, 0.25) is 5.95 Å². The molecule has 1 saturated carbocycles. The number of carbonyl (C=O) groups excluding carboxylic acids is 1. The van der Waals surface area contributed by atoms with E-state index in [4.69, 9.17) is 16.6 Å². The minimum Gasteiger partial charge on any atom is -0.351 e. The summed E-state index contributed by atoms with van der Waals surface area (Å²) in [4.78, 5) is 20.0. The summed E-state index contributed by atoms with van der Waals surface area (Å²) in [6.45, 7) is 6.97. The average Bonchev–Trinajstić information content (AvgIpc) is 3.24. The van der Waals surface area contributed by atoms with Gasteiger partial charge in [0.1, 0.15) is 0 Å². The van der Waals surface area contributed by atoms with Crippen molar-refractivity contribution in [1.82, 2.24) is 25.1 Å². The number of hydrogen-bond acceptors (Lipinski definition) is 5. The van der Waals surface area contributed by atoms with Crippen molar-refractivity contribution in [3.63, 3.8) is 0 Å². The number of piperidine rings is 1. The minimum atomic E-state index is -0.0565. The quantitative estimate of drug-likeness (QED) is 0.313. The van der Waals surface area contributed by atoms with Crippen LogP contribution in [0, 0.1) is 0 Å². The van der Waals surface area contributed by atoms with Crippen molar-refractivity contribution in [2.24, 2.45) is 7.05 Å². The van der Waals surface area contributed by atoms with Crippen molar-refractivity contribution in [1.29, 1.82) is 0 Å². The summed E-state index contributed by atoms with van der Waals surface area (Å²) < 4.78 is 2.00. The fourth-order valence-corrected chi connectivity index (χ4v) is 5.95. The van der Waals surface area contributed by atoms with Crippen LogP contribution in [-0.4, -0.2) is 52.1 Å². The fraction of sp³-hybridized carbons (Fsp3) is 0.533. The number of aromatic nitrogens is 2. The number of halogens is 1. The molecule has 204 valence electrons. The van der Waals surface area contributed by atoms with Gasteiger partial charge in [0, 0.05) is 37.8 Å². The molecule has 7 nitrogen and oxygen atoms in total. The van der Waals surface area contributed by atoms with E-state index >= 15 is 0 Å². The average molecular weight is 537 g/mol. The van der Waals surface area contributed by atoms with Gasteiger partial charge in [-0.15, -0.1) is 0 Å². The Balaban J connectivity index is 1.24. The lowest BCUT2D eigenvalue weighted by Gasteiger charge is -2.35. The number of imidazole rings is 1. The van der Waals surface area contributed by atoms with Crippen LogP contribution in [0.2, 0.25) is 5.02 Å². The standard InChI is InChI=1S/C30H41ClN6O/c1-30(13-5-3-6-14-30)33-21-22-9-11-24(31)25(19-22)34-29-35-26-20-23(10-12-27(26)36(29)2)28(38)32-15-18-37-16-7-4-8-17-37/h9-12,19-20,33H,3-8,13-18,21H2,1-2H3,(H,32,38)(H,34,35). The van der Waals surface area contributed by atoms with Crippen LogP contribution in [0.1, 0.15) is 74.2 Å². The number of likely N-dealkylation sites (tertiary alicyclic amines) is 1. The summed E-state index contributed by atoms with van der Waals surface area (Å²) in [5.41, 5.74) is 4.58. The van der Waals surface area contributed by atoms with E-state index in [1.165, 1.54) is 56.9 Å². The van der Waals surface area contributed by atoms with Gasteiger partial charge in [-0.25, -0.2) is 4.98 Å². The first-order valence-electron chi connectivity index (χ1n) is 14.2. The van der Waals surface area contributed by atoms with Crippen LogP contribution in [-0.2, 0) is 13.6 Å². The Kier molecular flexibility index (Phi) is 8.56. The zero-order valence-corrected chi connectivity index (χ0v) is 23.5. The van der Waals surface area contributed by atoms with Crippen molar-refractivity contribution < 1.29 is 4.79 Å². The van der Waals surface area contributed by atoms with Gasteiger partial charge < -0.3 is 25.4 Å². The predicted octanol–water partition coefficient (Wildman–Crippen LogP) is 6.00. The molecule has 8 heteroatoms. The maximum Gasteiger partial charge on any atom is 0.251 e. The predicted molar refractivity (Wildman–Crippen MR) is 156 cm³/mol. The Hall–Kier alpha value is -2.61. The molecule has 1 saturated heterocycles. The lowest BCUT2D eigenvalue weighted by molar-refractivity contribution is 0.0946. The van der Waals surface area contributed by atoms with E-state index in [0.29, 0.717) is 23.1 Å². The molecule has 5 rings (SSSR count). The minimum absolute atomic E-state index is 0.0565. The third-order valence-electron chi connectivity index (χ3n) is 8.26. The Bertz CT molecular complexity index is 1260. The Morgan fingerprint density at radius 1 is 1.03 bits per heavy atom. The maximum atomic E-state index is 12.8. The third kappa shape index (κ3) is 6.50. The maximum absolute atomic E-state index is 12.8. The lowest BCUT2D eigenvalue weighted by Crippen LogP contribution is -2.43. The molecule has 3 N–H and O–H groups in total. The Labute approximate surface area is 231 Å². The largest absolute Gasteiger partial charge is 0.351 e. The molecular formula is C30H41ClN6O. The second-order valence-corrected chi connectivity index (χ2v) is 11.7. The van der Waals surface area contributed by atoms with Crippen molar-refractivity contribution in [3.05, 3.63) is 52.5 Å². The summed E-state index contributed by atoms with van der Waals surface area (Å²) >= 11 is 6.57. The van der Waals surface area contributed by atoms with E-state index in [1.807, 2.05) is 35.9 Å². The van der Waals surface area contributed by atoms with Gasteiger partial charge >= 0.3 is 0 Å². The van der Waals surface area contributed by atoms with Gasteiger partial charge in [0.05, 0.1) is 21.7 Å². The third-order valence-corrected chi connectivity index (χ3v) is 8.59. The number of anilines is 2. The molecule has 0 atom stereocenters. The number of nitrogens with zero attached hydrogens (tertiary/aromatic N) is 3. The number of aryl methyl sites for hydroxylation is 1.